The largest absolute Gasteiger partial charge is 0.390 e. The highest BCUT2D eigenvalue weighted by atomic mass is 19.4. The minimum absolute atomic E-state index is 0.366. The van der Waals surface area contributed by atoms with Gasteiger partial charge in [0.2, 0.25) is 0 Å². The van der Waals surface area contributed by atoms with E-state index in [0.29, 0.717) is 6.42 Å². The van der Waals surface area contributed by atoms with Gasteiger partial charge in [-0.25, -0.2) is 0 Å². The fourth-order valence-electron chi connectivity index (χ4n) is 1.27. The van der Waals surface area contributed by atoms with Crippen molar-refractivity contribution >= 4 is 0 Å². The molecular formula is C9H15F6N. The average molecular weight is 251 g/mol. The van der Waals surface area contributed by atoms with Gasteiger partial charge in [-0.15, -0.1) is 0 Å². The molecule has 7 heteroatoms. The molecule has 0 fully saturated rings. The van der Waals surface area contributed by atoms with Gasteiger partial charge in [0.25, 0.3) is 0 Å². The lowest BCUT2D eigenvalue weighted by atomic mass is 10.1. The van der Waals surface area contributed by atoms with E-state index in [9.17, 15) is 26.3 Å². The number of hydrogen-bond acceptors (Lipinski definition) is 1. The van der Waals surface area contributed by atoms with Gasteiger partial charge in [0.1, 0.15) is 0 Å². The minimum Gasteiger partial charge on any atom is -0.311 e. The highest BCUT2D eigenvalue weighted by Gasteiger charge is 2.38. The monoisotopic (exact) mass is 251 g/mol. The van der Waals surface area contributed by atoms with Crippen LogP contribution < -0.4 is 5.32 Å². The average Bonchev–Trinajstić information content (AvgIpc) is 1.97. The Kier molecular flexibility index (Phi) is 5.58. The normalized spacial score (nSPS) is 15.6. The van der Waals surface area contributed by atoms with Gasteiger partial charge in [0.15, 0.2) is 0 Å². The fourth-order valence-corrected chi connectivity index (χ4v) is 1.27. The van der Waals surface area contributed by atoms with Crippen LogP contribution in [0, 0.1) is 0 Å². The molecular weight excluding hydrogens is 236 g/mol. The van der Waals surface area contributed by atoms with E-state index in [-0.39, 0.29) is 6.04 Å². The second kappa shape index (κ2) is 5.75. The Labute approximate surface area is 90.2 Å². The third-order valence-electron chi connectivity index (χ3n) is 2.09. The molecule has 0 saturated heterocycles. The van der Waals surface area contributed by atoms with E-state index < -0.39 is 31.2 Å². The van der Waals surface area contributed by atoms with Gasteiger partial charge in [-0.05, 0) is 13.3 Å². The van der Waals surface area contributed by atoms with Crippen molar-refractivity contribution in [1.82, 2.24) is 5.32 Å². The maximum Gasteiger partial charge on any atom is 0.390 e. The molecule has 1 unspecified atom stereocenters. The molecule has 0 saturated carbocycles. The summed E-state index contributed by atoms with van der Waals surface area (Å²) in [4.78, 5) is 0. The number of halogens is 6. The molecule has 0 bridgehead atoms. The molecule has 1 atom stereocenters. The third-order valence-corrected chi connectivity index (χ3v) is 2.09. The minimum atomic E-state index is -4.59. The van der Waals surface area contributed by atoms with Crippen LogP contribution in [0.25, 0.3) is 0 Å². The highest BCUT2D eigenvalue weighted by molar-refractivity contribution is 4.76. The van der Waals surface area contributed by atoms with E-state index >= 15 is 0 Å². The predicted molar refractivity (Wildman–Crippen MR) is 48.0 cm³/mol. The Balaban J connectivity index is 4.39. The Morgan fingerprint density at radius 1 is 0.938 bits per heavy atom. The summed E-state index contributed by atoms with van der Waals surface area (Å²) in [7, 11) is 0. The van der Waals surface area contributed by atoms with Crippen LogP contribution in [-0.2, 0) is 0 Å². The maximum atomic E-state index is 12.0. The first-order valence-corrected chi connectivity index (χ1v) is 4.93. The zero-order chi connectivity index (χ0) is 13.0. The number of hydrogen-bond donors (Lipinski definition) is 1. The van der Waals surface area contributed by atoms with Gasteiger partial charge in [0.05, 0.1) is 12.8 Å². The van der Waals surface area contributed by atoms with Crippen LogP contribution in [0.4, 0.5) is 26.3 Å². The van der Waals surface area contributed by atoms with E-state index in [1.807, 2.05) is 0 Å². The van der Waals surface area contributed by atoms with Crippen LogP contribution in [0.2, 0.25) is 0 Å². The van der Waals surface area contributed by atoms with Crippen LogP contribution in [0.1, 0.15) is 33.1 Å². The second-order valence-electron chi connectivity index (χ2n) is 3.81. The zero-order valence-corrected chi connectivity index (χ0v) is 9.04. The molecule has 0 aromatic carbocycles. The summed E-state index contributed by atoms with van der Waals surface area (Å²) in [5, 5.41) is 2.34. The van der Waals surface area contributed by atoms with Gasteiger partial charge >= 0.3 is 12.4 Å². The van der Waals surface area contributed by atoms with Crippen LogP contribution in [0.5, 0.6) is 0 Å². The lowest BCUT2D eigenvalue weighted by Gasteiger charge is -2.24. The first kappa shape index (κ1) is 15.5. The quantitative estimate of drug-likeness (QED) is 0.735. The lowest BCUT2D eigenvalue weighted by molar-refractivity contribution is -0.165. The molecule has 98 valence electrons. The number of rotatable bonds is 5. The Morgan fingerprint density at radius 2 is 1.31 bits per heavy atom. The third kappa shape index (κ3) is 8.82. The molecule has 0 radical (unpaired) electrons. The molecule has 0 aliphatic rings. The first-order valence-electron chi connectivity index (χ1n) is 4.93. The highest BCUT2D eigenvalue weighted by Crippen LogP contribution is 2.29. The summed E-state index contributed by atoms with van der Waals surface area (Å²) in [5.41, 5.74) is 0. The first-order chi connectivity index (χ1) is 7.03. The van der Waals surface area contributed by atoms with E-state index in [1.165, 1.54) is 0 Å². The summed E-state index contributed by atoms with van der Waals surface area (Å²) in [6.45, 7) is 3.25. The van der Waals surface area contributed by atoms with E-state index in [1.54, 1.807) is 13.8 Å². The van der Waals surface area contributed by atoms with E-state index in [0.717, 1.165) is 0 Å². The van der Waals surface area contributed by atoms with Crippen molar-refractivity contribution in [3.8, 4) is 0 Å². The molecule has 0 amide bonds. The van der Waals surface area contributed by atoms with Crippen LogP contribution in [-0.4, -0.2) is 24.4 Å². The molecule has 0 aliphatic carbocycles. The summed E-state index contributed by atoms with van der Waals surface area (Å²) < 4.78 is 72.2. The Hall–Kier alpha value is -0.460. The van der Waals surface area contributed by atoms with Crippen LogP contribution >= 0.6 is 0 Å². The number of nitrogens with one attached hydrogen (secondary N) is 1. The van der Waals surface area contributed by atoms with Crippen LogP contribution in [0.3, 0.4) is 0 Å². The zero-order valence-electron chi connectivity index (χ0n) is 9.04. The molecule has 16 heavy (non-hydrogen) atoms. The van der Waals surface area contributed by atoms with Crippen molar-refractivity contribution < 1.29 is 26.3 Å². The molecule has 0 rings (SSSR count). The smallest absolute Gasteiger partial charge is 0.311 e. The summed E-state index contributed by atoms with van der Waals surface area (Å²) in [5.74, 6) is 0. The van der Waals surface area contributed by atoms with E-state index in [4.69, 9.17) is 0 Å². The van der Waals surface area contributed by atoms with Crippen molar-refractivity contribution in [3.63, 3.8) is 0 Å². The molecule has 0 heterocycles. The van der Waals surface area contributed by atoms with Crippen molar-refractivity contribution in [2.45, 2.75) is 57.5 Å². The lowest BCUT2D eigenvalue weighted by Crippen LogP contribution is -2.41. The van der Waals surface area contributed by atoms with Gasteiger partial charge in [-0.2, -0.15) is 26.3 Å². The van der Waals surface area contributed by atoms with Crippen LogP contribution in [0.15, 0.2) is 0 Å². The van der Waals surface area contributed by atoms with Gasteiger partial charge in [0, 0.05) is 12.1 Å². The van der Waals surface area contributed by atoms with E-state index in [2.05, 4.69) is 5.32 Å². The van der Waals surface area contributed by atoms with Crippen molar-refractivity contribution in [2.24, 2.45) is 0 Å². The molecule has 0 aromatic heterocycles. The summed E-state index contributed by atoms with van der Waals surface area (Å²) in [6, 6.07) is -1.97. The second-order valence-corrected chi connectivity index (χ2v) is 3.81. The maximum absolute atomic E-state index is 12.0. The molecule has 0 spiro atoms. The van der Waals surface area contributed by atoms with Crippen molar-refractivity contribution in [2.75, 3.05) is 0 Å². The summed E-state index contributed by atoms with van der Waals surface area (Å²) >= 11 is 0. The van der Waals surface area contributed by atoms with Gasteiger partial charge < -0.3 is 5.32 Å². The molecule has 0 aliphatic heterocycles. The van der Waals surface area contributed by atoms with Gasteiger partial charge in [-0.3, -0.25) is 0 Å². The predicted octanol–water partition coefficient (Wildman–Crippen LogP) is 3.65. The van der Waals surface area contributed by atoms with Crippen molar-refractivity contribution in [1.29, 1.82) is 0 Å². The molecule has 1 nitrogen and oxygen atoms in total. The fraction of sp³-hybridized carbons (Fsp3) is 1.00. The SMILES string of the molecule is CCC(C)NC(CC(F)(F)F)CC(F)(F)F. The topological polar surface area (TPSA) is 12.0 Å². The van der Waals surface area contributed by atoms with Crippen molar-refractivity contribution in [3.05, 3.63) is 0 Å². The summed E-state index contributed by atoms with van der Waals surface area (Å²) in [6.07, 6.45) is -11.6. The standard InChI is InChI=1S/C9H15F6N/c1-3-6(2)16-7(4-8(10,11)12)5-9(13,14)15/h6-7,16H,3-5H2,1-2H3. The van der Waals surface area contributed by atoms with Gasteiger partial charge in [-0.1, -0.05) is 6.92 Å². The Bertz CT molecular complexity index is 181. The number of alkyl halides is 6. The molecule has 1 N–H and O–H groups in total. The molecule has 0 aromatic rings. The Morgan fingerprint density at radius 3 is 1.56 bits per heavy atom.